The summed E-state index contributed by atoms with van der Waals surface area (Å²) >= 11 is 3.41. The van der Waals surface area contributed by atoms with Crippen LogP contribution in [0.15, 0.2) is 46.9 Å². The molecule has 0 spiro atoms. The molecule has 0 aromatic heterocycles. The van der Waals surface area contributed by atoms with E-state index >= 15 is 0 Å². The molecule has 0 amide bonds. The molecule has 0 unspecified atom stereocenters. The summed E-state index contributed by atoms with van der Waals surface area (Å²) in [6.45, 7) is 2.62. The SMILES string of the molecule is C[C@@H](NCc1ccc(O)cc1O)c1ccc(Br)cc1. The Labute approximate surface area is 121 Å². The normalized spacial score (nSPS) is 12.3. The monoisotopic (exact) mass is 321 g/mol. The van der Waals surface area contributed by atoms with E-state index in [4.69, 9.17) is 0 Å². The topological polar surface area (TPSA) is 52.5 Å². The quantitative estimate of drug-likeness (QED) is 0.804. The van der Waals surface area contributed by atoms with Crippen LogP contribution in [0.5, 0.6) is 11.5 Å². The van der Waals surface area contributed by atoms with Crippen molar-refractivity contribution in [2.75, 3.05) is 0 Å². The molecule has 3 nitrogen and oxygen atoms in total. The molecule has 0 radical (unpaired) electrons. The zero-order valence-electron chi connectivity index (χ0n) is 10.6. The van der Waals surface area contributed by atoms with E-state index in [9.17, 15) is 10.2 Å². The maximum Gasteiger partial charge on any atom is 0.123 e. The summed E-state index contributed by atoms with van der Waals surface area (Å²) in [6.07, 6.45) is 0. The van der Waals surface area contributed by atoms with Crippen LogP contribution in [0.4, 0.5) is 0 Å². The third kappa shape index (κ3) is 3.72. The number of hydrogen-bond acceptors (Lipinski definition) is 3. The molecule has 100 valence electrons. The van der Waals surface area contributed by atoms with Gasteiger partial charge in [0.25, 0.3) is 0 Å². The van der Waals surface area contributed by atoms with Crippen molar-refractivity contribution in [2.24, 2.45) is 0 Å². The van der Waals surface area contributed by atoms with E-state index in [0.29, 0.717) is 6.54 Å². The maximum absolute atomic E-state index is 9.70. The highest BCUT2D eigenvalue weighted by molar-refractivity contribution is 9.10. The van der Waals surface area contributed by atoms with Crippen LogP contribution >= 0.6 is 15.9 Å². The van der Waals surface area contributed by atoms with Gasteiger partial charge in [-0.1, -0.05) is 34.1 Å². The molecule has 19 heavy (non-hydrogen) atoms. The zero-order valence-corrected chi connectivity index (χ0v) is 12.2. The molecule has 4 heteroatoms. The second kappa shape index (κ2) is 6.08. The van der Waals surface area contributed by atoms with E-state index in [0.717, 1.165) is 10.0 Å². The number of phenolic OH excluding ortho intramolecular Hbond substituents is 2. The second-order valence-electron chi connectivity index (χ2n) is 4.47. The second-order valence-corrected chi connectivity index (χ2v) is 5.38. The molecule has 2 rings (SSSR count). The van der Waals surface area contributed by atoms with Gasteiger partial charge in [-0.05, 0) is 30.7 Å². The van der Waals surface area contributed by atoms with Crippen molar-refractivity contribution in [2.45, 2.75) is 19.5 Å². The molecular formula is C15H16BrNO2. The van der Waals surface area contributed by atoms with Crippen LogP contribution in [0.2, 0.25) is 0 Å². The summed E-state index contributed by atoms with van der Waals surface area (Å²) in [7, 11) is 0. The summed E-state index contributed by atoms with van der Waals surface area (Å²) < 4.78 is 1.06. The number of halogens is 1. The van der Waals surface area contributed by atoms with Gasteiger partial charge < -0.3 is 15.5 Å². The predicted molar refractivity (Wildman–Crippen MR) is 79.2 cm³/mol. The summed E-state index contributed by atoms with van der Waals surface area (Å²) in [6, 6.07) is 12.9. The van der Waals surface area contributed by atoms with E-state index < -0.39 is 0 Å². The standard InChI is InChI=1S/C15H16BrNO2/c1-10(11-2-5-13(16)6-3-11)17-9-12-4-7-14(18)8-15(12)19/h2-8,10,17-19H,9H2,1H3/t10-/m1/s1. The molecule has 2 aromatic carbocycles. The van der Waals surface area contributed by atoms with Gasteiger partial charge in [0.15, 0.2) is 0 Å². The lowest BCUT2D eigenvalue weighted by molar-refractivity contribution is 0.441. The Bertz CT molecular complexity index is 555. The van der Waals surface area contributed by atoms with Crippen LogP contribution in [0.1, 0.15) is 24.1 Å². The zero-order chi connectivity index (χ0) is 13.8. The Morgan fingerprint density at radius 1 is 1.11 bits per heavy atom. The van der Waals surface area contributed by atoms with Crippen LogP contribution in [-0.2, 0) is 6.54 Å². The van der Waals surface area contributed by atoms with Gasteiger partial charge in [-0.2, -0.15) is 0 Å². The minimum atomic E-state index is 0.0715. The molecule has 0 fully saturated rings. The Morgan fingerprint density at radius 3 is 2.42 bits per heavy atom. The minimum absolute atomic E-state index is 0.0715. The molecule has 0 saturated carbocycles. The number of phenols is 2. The first-order valence-corrected chi connectivity index (χ1v) is 6.85. The Hall–Kier alpha value is -1.52. The first kappa shape index (κ1) is 13.9. The van der Waals surface area contributed by atoms with Crippen LogP contribution < -0.4 is 5.32 Å². The van der Waals surface area contributed by atoms with Crippen molar-refractivity contribution in [3.05, 3.63) is 58.1 Å². The van der Waals surface area contributed by atoms with E-state index in [1.165, 1.54) is 11.6 Å². The maximum atomic E-state index is 9.70. The lowest BCUT2D eigenvalue weighted by Gasteiger charge is -2.15. The van der Waals surface area contributed by atoms with Crippen molar-refractivity contribution in [1.29, 1.82) is 0 Å². The summed E-state index contributed by atoms with van der Waals surface area (Å²) in [5.74, 6) is 0.178. The average Bonchev–Trinajstić information content (AvgIpc) is 2.38. The largest absolute Gasteiger partial charge is 0.508 e. The molecule has 2 aromatic rings. The Morgan fingerprint density at radius 2 is 1.79 bits per heavy atom. The molecule has 3 N–H and O–H groups in total. The number of aromatic hydroxyl groups is 2. The van der Waals surface area contributed by atoms with Crippen LogP contribution in [-0.4, -0.2) is 10.2 Å². The lowest BCUT2D eigenvalue weighted by Crippen LogP contribution is -2.18. The van der Waals surface area contributed by atoms with Gasteiger partial charge in [0, 0.05) is 28.7 Å². The number of rotatable bonds is 4. The highest BCUT2D eigenvalue weighted by atomic mass is 79.9. The van der Waals surface area contributed by atoms with Gasteiger partial charge in [0.2, 0.25) is 0 Å². The van der Waals surface area contributed by atoms with Gasteiger partial charge in [-0.3, -0.25) is 0 Å². The van der Waals surface area contributed by atoms with E-state index in [1.807, 2.05) is 12.1 Å². The molecular weight excluding hydrogens is 306 g/mol. The summed E-state index contributed by atoms with van der Waals surface area (Å²) in [5, 5.41) is 22.3. The highest BCUT2D eigenvalue weighted by Crippen LogP contribution is 2.23. The fourth-order valence-electron chi connectivity index (χ4n) is 1.83. The molecule has 0 saturated heterocycles. The highest BCUT2D eigenvalue weighted by Gasteiger charge is 2.07. The third-order valence-corrected chi connectivity index (χ3v) is 3.57. The van der Waals surface area contributed by atoms with Crippen molar-refractivity contribution in [3.8, 4) is 11.5 Å². The summed E-state index contributed by atoms with van der Waals surface area (Å²) in [5.41, 5.74) is 1.95. The molecule has 1 atom stereocenters. The van der Waals surface area contributed by atoms with Crippen molar-refractivity contribution >= 4 is 15.9 Å². The first-order chi connectivity index (χ1) is 9.06. The van der Waals surface area contributed by atoms with Crippen molar-refractivity contribution in [1.82, 2.24) is 5.32 Å². The van der Waals surface area contributed by atoms with E-state index in [-0.39, 0.29) is 17.5 Å². The number of nitrogens with one attached hydrogen (secondary N) is 1. The van der Waals surface area contributed by atoms with Gasteiger partial charge in [-0.25, -0.2) is 0 Å². The number of hydrogen-bond donors (Lipinski definition) is 3. The first-order valence-electron chi connectivity index (χ1n) is 6.06. The van der Waals surface area contributed by atoms with Gasteiger partial charge >= 0.3 is 0 Å². The molecule has 0 aliphatic heterocycles. The average molecular weight is 322 g/mol. The van der Waals surface area contributed by atoms with E-state index in [2.05, 4.69) is 40.3 Å². The van der Waals surface area contributed by atoms with Gasteiger partial charge in [0.05, 0.1) is 0 Å². The third-order valence-electron chi connectivity index (χ3n) is 3.04. The van der Waals surface area contributed by atoms with Crippen LogP contribution in [0.25, 0.3) is 0 Å². The fourth-order valence-corrected chi connectivity index (χ4v) is 2.10. The van der Waals surface area contributed by atoms with Gasteiger partial charge in [0.1, 0.15) is 11.5 Å². The van der Waals surface area contributed by atoms with Crippen molar-refractivity contribution in [3.63, 3.8) is 0 Å². The fraction of sp³-hybridized carbons (Fsp3) is 0.200. The molecule has 0 heterocycles. The summed E-state index contributed by atoms with van der Waals surface area (Å²) in [4.78, 5) is 0. The molecule has 0 bridgehead atoms. The van der Waals surface area contributed by atoms with Gasteiger partial charge in [-0.15, -0.1) is 0 Å². The number of benzene rings is 2. The smallest absolute Gasteiger partial charge is 0.123 e. The van der Waals surface area contributed by atoms with Crippen LogP contribution in [0.3, 0.4) is 0 Å². The predicted octanol–water partition coefficient (Wildman–Crippen LogP) is 3.71. The van der Waals surface area contributed by atoms with E-state index in [1.54, 1.807) is 12.1 Å². The van der Waals surface area contributed by atoms with Crippen molar-refractivity contribution < 1.29 is 10.2 Å². The molecule has 0 aliphatic carbocycles. The molecule has 0 aliphatic rings. The lowest BCUT2D eigenvalue weighted by atomic mass is 10.1. The minimum Gasteiger partial charge on any atom is -0.508 e. The Kier molecular flexibility index (Phi) is 4.45. The Balaban J connectivity index is 2.00. The van der Waals surface area contributed by atoms with Crippen LogP contribution in [0, 0.1) is 0 Å².